The van der Waals surface area contributed by atoms with Crippen molar-refractivity contribution in [1.29, 1.82) is 0 Å². The zero-order chi connectivity index (χ0) is 12.3. The van der Waals surface area contributed by atoms with E-state index in [-0.39, 0.29) is 0 Å². The first-order valence-corrected chi connectivity index (χ1v) is 6.85. The van der Waals surface area contributed by atoms with Crippen molar-refractivity contribution in [3.8, 4) is 0 Å². The minimum Gasteiger partial charge on any atom is -0.316 e. The van der Waals surface area contributed by atoms with Crippen LogP contribution in [0.2, 0.25) is 0 Å². The fraction of sp³-hybridized carbons (Fsp3) is 0.625. The van der Waals surface area contributed by atoms with Gasteiger partial charge in [-0.15, -0.1) is 0 Å². The van der Waals surface area contributed by atoms with Crippen LogP contribution in [0.3, 0.4) is 0 Å². The van der Waals surface area contributed by atoms with Gasteiger partial charge in [0.05, 0.1) is 0 Å². The van der Waals surface area contributed by atoms with Gasteiger partial charge in [0.25, 0.3) is 0 Å². The standard InChI is InChI=1S/C16H25N/c1-13(2)11-17-12-15-10-16(15,3)9-14-7-5-4-6-8-14/h4-8,13,15,17H,9-12H2,1-3H3. The van der Waals surface area contributed by atoms with Crippen molar-refractivity contribution < 1.29 is 0 Å². The zero-order valence-corrected chi connectivity index (χ0v) is 11.4. The summed E-state index contributed by atoms with van der Waals surface area (Å²) in [5, 5.41) is 3.59. The van der Waals surface area contributed by atoms with Crippen LogP contribution in [0.5, 0.6) is 0 Å². The highest BCUT2D eigenvalue weighted by Crippen LogP contribution is 2.53. The Bertz CT molecular complexity index is 344. The SMILES string of the molecule is CC(C)CNCC1CC1(C)Cc1ccccc1. The van der Waals surface area contributed by atoms with Crippen molar-refractivity contribution in [2.75, 3.05) is 13.1 Å². The van der Waals surface area contributed by atoms with E-state index in [1.165, 1.54) is 24.9 Å². The molecule has 1 N–H and O–H groups in total. The van der Waals surface area contributed by atoms with Gasteiger partial charge in [-0.25, -0.2) is 0 Å². The summed E-state index contributed by atoms with van der Waals surface area (Å²) in [6.07, 6.45) is 2.62. The van der Waals surface area contributed by atoms with E-state index in [0.29, 0.717) is 5.41 Å². The fourth-order valence-electron chi connectivity index (χ4n) is 2.65. The molecule has 17 heavy (non-hydrogen) atoms. The van der Waals surface area contributed by atoms with Crippen molar-refractivity contribution in [3.63, 3.8) is 0 Å². The van der Waals surface area contributed by atoms with E-state index in [4.69, 9.17) is 0 Å². The third-order valence-corrected chi connectivity index (χ3v) is 3.93. The minimum atomic E-state index is 0.547. The first-order chi connectivity index (χ1) is 8.10. The lowest BCUT2D eigenvalue weighted by Gasteiger charge is -2.12. The Morgan fingerprint density at radius 1 is 1.29 bits per heavy atom. The number of hydrogen-bond donors (Lipinski definition) is 1. The molecule has 2 atom stereocenters. The highest BCUT2D eigenvalue weighted by molar-refractivity contribution is 5.19. The maximum Gasteiger partial charge on any atom is -0.00149 e. The van der Waals surface area contributed by atoms with Gasteiger partial charge in [-0.05, 0) is 48.7 Å². The summed E-state index contributed by atoms with van der Waals surface area (Å²) in [5.41, 5.74) is 2.03. The van der Waals surface area contributed by atoms with Gasteiger partial charge in [-0.2, -0.15) is 0 Å². The van der Waals surface area contributed by atoms with Crippen LogP contribution >= 0.6 is 0 Å². The van der Waals surface area contributed by atoms with Crippen LogP contribution in [0, 0.1) is 17.3 Å². The normalized spacial score (nSPS) is 27.4. The molecule has 0 spiro atoms. The average Bonchev–Trinajstić information content (AvgIpc) is 2.90. The van der Waals surface area contributed by atoms with Crippen molar-refractivity contribution in [1.82, 2.24) is 5.32 Å². The van der Waals surface area contributed by atoms with E-state index < -0.39 is 0 Å². The molecule has 1 fully saturated rings. The molecule has 0 aliphatic heterocycles. The van der Waals surface area contributed by atoms with Gasteiger partial charge in [0.2, 0.25) is 0 Å². The maximum atomic E-state index is 3.59. The molecule has 0 heterocycles. The molecule has 94 valence electrons. The Balaban J connectivity index is 1.76. The number of benzene rings is 1. The largest absolute Gasteiger partial charge is 0.316 e. The minimum absolute atomic E-state index is 0.547. The molecule has 0 aromatic heterocycles. The molecule has 1 aromatic carbocycles. The molecule has 0 bridgehead atoms. The topological polar surface area (TPSA) is 12.0 Å². The number of rotatable bonds is 6. The lowest BCUT2D eigenvalue weighted by atomic mass is 9.96. The summed E-state index contributed by atoms with van der Waals surface area (Å²) in [6, 6.07) is 10.9. The molecule has 1 heteroatoms. The number of hydrogen-bond acceptors (Lipinski definition) is 1. The maximum absolute atomic E-state index is 3.59. The molecule has 2 unspecified atom stereocenters. The van der Waals surface area contributed by atoms with E-state index in [2.05, 4.69) is 56.4 Å². The van der Waals surface area contributed by atoms with Gasteiger partial charge < -0.3 is 5.32 Å². The highest BCUT2D eigenvalue weighted by atomic mass is 14.9. The third-order valence-electron chi connectivity index (χ3n) is 3.93. The zero-order valence-electron chi connectivity index (χ0n) is 11.4. The summed E-state index contributed by atoms with van der Waals surface area (Å²) in [6.45, 7) is 9.31. The fourth-order valence-corrected chi connectivity index (χ4v) is 2.65. The second-order valence-electron chi connectivity index (χ2n) is 6.27. The second-order valence-corrected chi connectivity index (χ2v) is 6.27. The molecule has 1 nitrogen and oxygen atoms in total. The summed E-state index contributed by atoms with van der Waals surface area (Å²) in [5.74, 6) is 1.63. The summed E-state index contributed by atoms with van der Waals surface area (Å²) in [7, 11) is 0. The Hall–Kier alpha value is -0.820. The summed E-state index contributed by atoms with van der Waals surface area (Å²) >= 11 is 0. The summed E-state index contributed by atoms with van der Waals surface area (Å²) in [4.78, 5) is 0. The molecule has 0 radical (unpaired) electrons. The third kappa shape index (κ3) is 3.57. The Kier molecular flexibility index (Phi) is 3.88. The molecule has 1 aromatic rings. The van der Waals surface area contributed by atoms with Gasteiger partial charge >= 0.3 is 0 Å². The molecule has 1 aliphatic carbocycles. The smallest absolute Gasteiger partial charge is 0.00149 e. The van der Waals surface area contributed by atoms with E-state index >= 15 is 0 Å². The lowest BCUT2D eigenvalue weighted by molar-refractivity contribution is 0.459. The molecular formula is C16H25N. The van der Waals surface area contributed by atoms with Crippen molar-refractivity contribution >= 4 is 0 Å². The van der Waals surface area contributed by atoms with Crippen LogP contribution in [-0.4, -0.2) is 13.1 Å². The predicted molar refractivity (Wildman–Crippen MR) is 74.1 cm³/mol. The van der Waals surface area contributed by atoms with Crippen LogP contribution in [0.25, 0.3) is 0 Å². The Labute approximate surface area is 106 Å². The van der Waals surface area contributed by atoms with Crippen LogP contribution in [0.4, 0.5) is 0 Å². The van der Waals surface area contributed by atoms with Gasteiger partial charge in [0.15, 0.2) is 0 Å². The lowest BCUT2D eigenvalue weighted by Crippen LogP contribution is -2.23. The summed E-state index contributed by atoms with van der Waals surface area (Å²) < 4.78 is 0. The van der Waals surface area contributed by atoms with E-state index in [1.807, 2.05) is 0 Å². The number of nitrogens with one attached hydrogen (secondary N) is 1. The molecule has 0 amide bonds. The van der Waals surface area contributed by atoms with Crippen LogP contribution in [-0.2, 0) is 6.42 Å². The van der Waals surface area contributed by atoms with Gasteiger partial charge in [0, 0.05) is 0 Å². The Morgan fingerprint density at radius 2 is 2.00 bits per heavy atom. The first kappa shape index (κ1) is 12.6. The molecule has 1 aliphatic rings. The van der Waals surface area contributed by atoms with E-state index in [0.717, 1.165) is 18.4 Å². The van der Waals surface area contributed by atoms with Crippen molar-refractivity contribution in [3.05, 3.63) is 35.9 Å². The quantitative estimate of drug-likeness (QED) is 0.790. The van der Waals surface area contributed by atoms with Crippen molar-refractivity contribution in [2.45, 2.75) is 33.6 Å². The molecule has 1 saturated carbocycles. The van der Waals surface area contributed by atoms with Gasteiger partial charge in [-0.3, -0.25) is 0 Å². The van der Waals surface area contributed by atoms with Crippen molar-refractivity contribution in [2.24, 2.45) is 17.3 Å². The second kappa shape index (κ2) is 5.22. The van der Waals surface area contributed by atoms with Crippen LogP contribution in [0.15, 0.2) is 30.3 Å². The first-order valence-electron chi connectivity index (χ1n) is 6.85. The highest BCUT2D eigenvalue weighted by Gasteiger charge is 2.48. The van der Waals surface area contributed by atoms with Gasteiger partial charge in [0.1, 0.15) is 0 Å². The molecular weight excluding hydrogens is 206 g/mol. The van der Waals surface area contributed by atoms with Crippen LogP contribution in [0.1, 0.15) is 32.8 Å². The average molecular weight is 231 g/mol. The van der Waals surface area contributed by atoms with E-state index in [9.17, 15) is 0 Å². The van der Waals surface area contributed by atoms with E-state index in [1.54, 1.807) is 0 Å². The Morgan fingerprint density at radius 3 is 2.65 bits per heavy atom. The molecule has 2 rings (SSSR count). The monoisotopic (exact) mass is 231 g/mol. The molecule has 0 saturated heterocycles. The van der Waals surface area contributed by atoms with Gasteiger partial charge in [-0.1, -0.05) is 51.1 Å². The predicted octanol–water partition coefficient (Wildman–Crippen LogP) is 3.50. The van der Waals surface area contributed by atoms with Crippen LogP contribution < -0.4 is 5.32 Å².